The van der Waals surface area contributed by atoms with Gasteiger partial charge in [-0.1, -0.05) is 0 Å². The normalized spacial score (nSPS) is 18.6. The largest absolute Gasteiger partial charge is 0.505 e. The van der Waals surface area contributed by atoms with Crippen molar-refractivity contribution in [1.82, 2.24) is 4.98 Å². The number of pyridine rings is 1. The van der Waals surface area contributed by atoms with Gasteiger partial charge >= 0.3 is 0 Å². The van der Waals surface area contributed by atoms with Gasteiger partial charge in [-0.25, -0.2) is 13.4 Å². The van der Waals surface area contributed by atoms with Crippen molar-refractivity contribution in [2.75, 3.05) is 16.6 Å². The van der Waals surface area contributed by atoms with E-state index in [1.165, 1.54) is 12.1 Å². The molecule has 1 amide bonds. The highest BCUT2D eigenvalue weighted by molar-refractivity contribution is 7.92. The van der Waals surface area contributed by atoms with Crippen LogP contribution in [0.4, 0.5) is 5.82 Å². The van der Waals surface area contributed by atoms with E-state index in [4.69, 9.17) is 5.73 Å². The molecule has 0 radical (unpaired) electrons. The minimum atomic E-state index is -3.39. The van der Waals surface area contributed by atoms with Crippen molar-refractivity contribution >= 4 is 21.7 Å². The lowest BCUT2D eigenvalue weighted by Gasteiger charge is -2.27. The van der Waals surface area contributed by atoms with Gasteiger partial charge in [-0.3, -0.25) is 9.10 Å². The second-order valence-electron chi connectivity index (χ2n) is 4.00. The Labute approximate surface area is 104 Å². The van der Waals surface area contributed by atoms with E-state index in [0.717, 1.165) is 10.7 Å². The zero-order valence-electron chi connectivity index (χ0n) is 9.54. The molecule has 0 aliphatic carbocycles. The van der Waals surface area contributed by atoms with Crippen LogP contribution in [0.15, 0.2) is 12.1 Å². The minimum absolute atomic E-state index is 0.0570. The van der Waals surface area contributed by atoms with Crippen LogP contribution in [-0.4, -0.2) is 36.7 Å². The van der Waals surface area contributed by atoms with Gasteiger partial charge in [0.1, 0.15) is 11.6 Å². The number of nitrogens with two attached hydrogens (primary N) is 1. The summed E-state index contributed by atoms with van der Waals surface area (Å²) in [6.07, 6.45) is 1.34. The zero-order valence-corrected chi connectivity index (χ0v) is 10.4. The summed E-state index contributed by atoms with van der Waals surface area (Å²) in [7, 11) is -3.39. The highest BCUT2D eigenvalue weighted by atomic mass is 32.2. The molecule has 0 saturated carbocycles. The molecule has 18 heavy (non-hydrogen) atoms. The quantitative estimate of drug-likeness (QED) is 0.774. The van der Waals surface area contributed by atoms with Crippen LogP contribution >= 0.6 is 0 Å². The first kappa shape index (κ1) is 12.6. The van der Waals surface area contributed by atoms with Crippen LogP contribution in [0.5, 0.6) is 5.75 Å². The number of carbonyl (C=O) groups excluding carboxylic acids is 1. The summed E-state index contributed by atoms with van der Waals surface area (Å²) in [5.74, 6) is -1.09. The monoisotopic (exact) mass is 271 g/mol. The Hall–Kier alpha value is -1.83. The molecule has 0 atom stereocenters. The molecule has 1 saturated heterocycles. The topological polar surface area (TPSA) is 114 Å². The molecule has 0 bridgehead atoms. The van der Waals surface area contributed by atoms with Gasteiger partial charge in [-0.05, 0) is 25.0 Å². The molecule has 1 fully saturated rings. The smallest absolute Gasteiger partial charge is 0.271 e. The number of aromatic nitrogens is 1. The summed E-state index contributed by atoms with van der Waals surface area (Å²) in [6, 6.07) is 2.57. The van der Waals surface area contributed by atoms with Crippen molar-refractivity contribution in [3.05, 3.63) is 17.8 Å². The number of anilines is 1. The molecule has 0 aromatic carbocycles. The average molecular weight is 271 g/mol. The van der Waals surface area contributed by atoms with E-state index in [2.05, 4.69) is 4.98 Å². The molecule has 8 heteroatoms. The number of primary amides is 1. The molecule has 1 aliphatic rings. The van der Waals surface area contributed by atoms with Crippen LogP contribution in [0.2, 0.25) is 0 Å². The third-order valence-electron chi connectivity index (χ3n) is 2.70. The SMILES string of the molecule is NC(=O)c1nc(N2CCCCS2(=O)=O)ccc1O. The molecular formula is C10H13N3O4S. The van der Waals surface area contributed by atoms with E-state index in [9.17, 15) is 18.3 Å². The molecule has 7 nitrogen and oxygen atoms in total. The van der Waals surface area contributed by atoms with Crippen molar-refractivity contribution in [2.24, 2.45) is 5.73 Å². The maximum atomic E-state index is 11.9. The molecule has 0 unspecified atom stereocenters. The Morgan fingerprint density at radius 3 is 2.72 bits per heavy atom. The Morgan fingerprint density at radius 1 is 1.39 bits per heavy atom. The number of hydrogen-bond donors (Lipinski definition) is 2. The molecule has 3 N–H and O–H groups in total. The third kappa shape index (κ3) is 2.23. The Kier molecular flexibility index (Phi) is 3.12. The number of nitrogens with zero attached hydrogens (tertiary/aromatic N) is 2. The molecule has 0 spiro atoms. The van der Waals surface area contributed by atoms with Crippen LogP contribution in [0.3, 0.4) is 0 Å². The van der Waals surface area contributed by atoms with Crippen molar-refractivity contribution in [3.63, 3.8) is 0 Å². The molecular weight excluding hydrogens is 258 g/mol. The van der Waals surface area contributed by atoms with Crippen molar-refractivity contribution < 1.29 is 18.3 Å². The first-order chi connectivity index (χ1) is 8.42. The van der Waals surface area contributed by atoms with Gasteiger partial charge in [0.05, 0.1) is 5.75 Å². The number of hydrogen-bond acceptors (Lipinski definition) is 5. The van der Waals surface area contributed by atoms with Gasteiger partial charge < -0.3 is 10.8 Å². The number of rotatable bonds is 2. The Balaban J connectivity index is 2.45. The van der Waals surface area contributed by atoms with Gasteiger partial charge in [0.15, 0.2) is 5.69 Å². The van der Waals surface area contributed by atoms with Gasteiger partial charge in [-0.2, -0.15) is 0 Å². The summed E-state index contributed by atoms with van der Waals surface area (Å²) < 4.78 is 24.9. The molecule has 1 aromatic rings. The number of carbonyl (C=O) groups is 1. The minimum Gasteiger partial charge on any atom is -0.505 e. The van der Waals surface area contributed by atoms with Crippen molar-refractivity contribution in [1.29, 1.82) is 0 Å². The number of sulfonamides is 1. The highest BCUT2D eigenvalue weighted by Gasteiger charge is 2.27. The highest BCUT2D eigenvalue weighted by Crippen LogP contribution is 2.24. The maximum Gasteiger partial charge on any atom is 0.271 e. The fourth-order valence-electron chi connectivity index (χ4n) is 1.81. The summed E-state index contributed by atoms with van der Waals surface area (Å²) in [6.45, 7) is 0.318. The van der Waals surface area contributed by atoms with E-state index in [0.29, 0.717) is 13.0 Å². The predicted octanol–water partition coefficient (Wildman–Crippen LogP) is -0.184. The fraction of sp³-hybridized carbons (Fsp3) is 0.400. The number of aromatic hydroxyl groups is 1. The molecule has 1 aromatic heterocycles. The van der Waals surface area contributed by atoms with Crippen LogP contribution in [0, 0.1) is 0 Å². The van der Waals surface area contributed by atoms with E-state index < -0.39 is 15.9 Å². The van der Waals surface area contributed by atoms with Gasteiger partial charge in [0, 0.05) is 6.54 Å². The second kappa shape index (κ2) is 4.45. The number of amides is 1. The predicted molar refractivity (Wildman–Crippen MR) is 64.8 cm³/mol. The van der Waals surface area contributed by atoms with Crippen LogP contribution in [0.25, 0.3) is 0 Å². The Morgan fingerprint density at radius 2 is 2.11 bits per heavy atom. The second-order valence-corrected chi connectivity index (χ2v) is 6.01. The summed E-state index contributed by atoms with van der Waals surface area (Å²) >= 11 is 0. The summed E-state index contributed by atoms with van der Waals surface area (Å²) in [5, 5.41) is 9.40. The Bertz CT molecular complexity index is 585. The lowest BCUT2D eigenvalue weighted by atomic mass is 10.3. The molecule has 1 aliphatic heterocycles. The summed E-state index contributed by atoms with van der Waals surface area (Å²) in [5.41, 5.74) is 4.73. The lowest BCUT2D eigenvalue weighted by molar-refractivity contribution is 0.0993. The first-order valence-corrected chi connectivity index (χ1v) is 7.03. The zero-order chi connectivity index (χ0) is 13.3. The van der Waals surface area contributed by atoms with E-state index in [1.807, 2.05) is 0 Å². The molecule has 2 heterocycles. The van der Waals surface area contributed by atoms with Crippen LogP contribution < -0.4 is 10.0 Å². The van der Waals surface area contributed by atoms with Crippen molar-refractivity contribution in [2.45, 2.75) is 12.8 Å². The van der Waals surface area contributed by atoms with E-state index in [1.54, 1.807) is 0 Å². The average Bonchev–Trinajstić information content (AvgIpc) is 2.29. The van der Waals surface area contributed by atoms with Crippen molar-refractivity contribution in [3.8, 4) is 5.75 Å². The van der Waals surface area contributed by atoms with Crippen LogP contribution in [0.1, 0.15) is 23.3 Å². The van der Waals surface area contributed by atoms with E-state index >= 15 is 0 Å². The third-order valence-corrected chi connectivity index (χ3v) is 4.54. The van der Waals surface area contributed by atoms with Gasteiger partial charge in [0.2, 0.25) is 10.0 Å². The summed E-state index contributed by atoms with van der Waals surface area (Å²) in [4.78, 5) is 14.9. The standard InChI is InChI=1S/C10H13N3O4S/c11-10(15)9-7(14)3-4-8(12-9)13-5-1-2-6-18(13,16)17/h3-4,14H,1-2,5-6H2,(H2,11,15). The molecule has 98 valence electrons. The van der Waals surface area contributed by atoms with E-state index in [-0.39, 0.29) is 23.0 Å². The van der Waals surface area contributed by atoms with Gasteiger partial charge in [-0.15, -0.1) is 0 Å². The molecule has 2 rings (SSSR count). The maximum absolute atomic E-state index is 11.9. The van der Waals surface area contributed by atoms with Gasteiger partial charge in [0.25, 0.3) is 5.91 Å². The fourth-order valence-corrected chi connectivity index (χ4v) is 3.39. The first-order valence-electron chi connectivity index (χ1n) is 5.42. The lowest BCUT2D eigenvalue weighted by Crippen LogP contribution is -2.38. The van der Waals surface area contributed by atoms with Crippen LogP contribution in [-0.2, 0) is 10.0 Å².